The number of nitrogens with zero attached hydrogens (tertiary/aromatic N) is 1. The Morgan fingerprint density at radius 3 is 2.75 bits per heavy atom. The summed E-state index contributed by atoms with van der Waals surface area (Å²) in [6.45, 7) is 7.27. The van der Waals surface area contributed by atoms with Crippen molar-refractivity contribution in [1.29, 1.82) is 0 Å². The maximum Gasteiger partial charge on any atom is 0.0997 e. The number of rotatable bonds is 8. The third-order valence-corrected chi connectivity index (χ3v) is 1.47. The fourth-order valence-corrected chi connectivity index (χ4v) is 0.860. The molecule has 0 aliphatic heterocycles. The third kappa shape index (κ3) is 9.46. The zero-order valence-electron chi connectivity index (χ0n) is 8.18. The molecule has 0 spiro atoms. The van der Waals surface area contributed by atoms with Crippen LogP contribution >= 0.6 is 0 Å². The molecule has 0 saturated carbocycles. The smallest absolute Gasteiger partial charge is 0.0997 e. The van der Waals surface area contributed by atoms with Gasteiger partial charge in [-0.3, -0.25) is 0 Å². The molecule has 0 bridgehead atoms. The maximum absolute atomic E-state index is 4.95. The quantitative estimate of drug-likeness (QED) is 0.430. The Balaban J connectivity index is 2.86. The van der Waals surface area contributed by atoms with E-state index >= 15 is 0 Å². The van der Waals surface area contributed by atoms with Crippen molar-refractivity contribution in [3.05, 3.63) is 12.8 Å². The highest BCUT2D eigenvalue weighted by Crippen LogP contribution is 1.80. The predicted molar refractivity (Wildman–Crippen MR) is 52.2 cm³/mol. The zero-order chi connectivity index (χ0) is 9.23. The number of hydrogen-bond acceptors (Lipinski definition) is 3. The van der Waals surface area contributed by atoms with Gasteiger partial charge in [0.15, 0.2) is 0 Å². The minimum Gasteiger partial charge on any atom is -0.500 e. The molecule has 0 aromatic heterocycles. The number of nitrogens with one attached hydrogen (secondary N) is 1. The van der Waals surface area contributed by atoms with Crippen molar-refractivity contribution >= 4 is 0 Å². The Morgan fingerprint density at radius 1 is 1.42 bits per heavy atom. The fourth-order valence-electron chi connectivity index (χ4n) is 0.860. The first-order valence-corrected chi connectivity index (χ1v) is 4.35. The average Bonchev–Trinajstić information content (AvgIpc) is 2.02. The van der Waals surface area contributed by atoms with Crippen LogP contribution in [0.15, 0.2) is 12.8 Å². The summed E-state index contributed by atoms with van der Waals surface area (Å²) in [5.41, 5.74) is 0. The molecule has 0 heterocycles. The average molecular weight is 172 g/mol. The number of ether oxygens (including phenoxy) is 1. The molecule has 0 atom stereocenters. The first-order valence-electron chi connectivity index (χ1n) is 4.35. The van der Waals surface area contributed by atoms with Crippen molar-refractivity contribution in [2.75, 3.05) is 40.3 Å². The van der Waals surface area contributed by atoms with Crippen LogP contribution in [0.4, 0.5) is 0 Å². The molecule has 0 radical (unpaired) electrons. The van der Waals surface area contributed by atoms with Crippen LogP contribution in [0, 0.1) is 0 Å². The van der Waals surface area contributed by atoms with Gasteiger partial charge in [0.05, 0.1) is 12.9 Å². The summed E-state index contributed by atoms with van der Waals surface area (Å²) in [6, 6.07) is 0. The molecule has 3 nitrogen and oxygen atoms in total. The van der Waals surface area contributed by atoms with Crippen molar-refractivity contribution in [2.45, 2.75) is 6.42 Å². The lowest BCUT2D eigenvalue weighted by molar-refractivity contribution is 0.249. The summed E-state index contributed by atoms with van der Waals surface area (Å²) in [6.07, 6.45) is 2.66. The molecule has 0 fully saturated rings. The molecule has 3 heteroatoms. The molecular formula is C9H20N2O. The summed E-state index contributed by atoms with van der Waals surface area (Å²) in [5.74, 6) is 0. The van der Waals surface area contributed by atoms with Gasteiger partial charge in [-0.2, -0.15) is 0 Å². The summed E-state index contributed by atoms with van der Waals surface area (Å²) >= 11 is 0. The van der Waals surface area contributed by atoms with Crippen molar-refractivity contribution in [3.63, 3.8) is 0 Å². The van der Waals surface area contributed by atoms with E-state index in [2.05, 4.69) is 30.9 Å². The van der Waals surface area contributed by atoms with Gasteiger partial charge >= 0.3 is 0 Å². The van der Waals surface area contributed by atoms with E-state index in [1.807, 2.05) is 0 Å². The van der Waals surface area contributed by atoms with Gasteiger partial charge in [-0.1, -0.05) is 6.58 Å². The van der Waals surface area contributed by atoms with Crippen LogP contribution in [0.3, 0.4) is 0 Å². The maximum atomic E-state index is 4.95. The van der Waals surface area contributed by atoms with E-state index in [0.717, 1.165) is 19.6 Å². The normalized spacial score (nSPS) is 10.2. The Morgan fingerprint density at radius 2 is 2.17 bits per heavy atom. The molecule has 0 aliphatic rings. The van der Waals surface area contributed by atoms with E-state index in [1.54, 1.807) is 0 Å². The Labute approximate surface area is 75.4 Å². The zero-order valence-corrected chi connectivity index (χ0v) is 8.18. The van der Waals surface area contributed by atoms with Gasteiger partial charge in [-0.25, -0.2) is 0 Å². The molecule has 0 rings (SSSR count). The van der Waals surface area contributed by atoms with Crippen LogP contribution in [0.1, 0.15) is 6.42 Å². The van der Waals surface area contributed by atoms with E-state index in [0.29, 0.717) is 6.61 Å². The van der Waals surface area contributed by atoms with Crippen LogP contribution in [0.2, 0.25) is 0 Å². The molecule has 12 heavy (non-hydrogen) atoms. The van der Waals surface area contributed by atoms with E-state index in [1.165, 1.54) is 12.7 Å². The van der Waals surface area contributed by atoms with Crippen molar-refractivity contribution < 1.29 is 4.74 Å². The van der Waals surface area contributed by atoms with Crippen molar-refractivity contribution in [2.24, 2.45) is 0 Å². The Hall–Kier alpha value is -0.540. The highest BCUT2D eigenvalue weighted by Gasteiger charge is 1.89. The summed E-state index contributed by atoms with van der Waals surface area (Å²) in [4.78, 5) is 2.18. The molecule has 1 N–H and O–H groups in total. The van der Waals surface area contributed by atoms with E-state index in [-0.39, 0.29) is 0 Å². The van der Waals surface area contributed by atoms with Gasteiger partial charge in [0.1, 0.15) is 0 Å². The molecule has 0 amide bonds. The van der Waals surface area contributed by atoms with Gasteiger partial charge in [0.2, 0.25) is 0 Å². The summed E-state index contributed by atoms with van der Waals surface area (Å²) in [7, 11) is 4.17. The first-order chi connectivity index (χ1) is 5.77. The van der Waals surface area contributed by atoms with E-state index in [9.17, 15) is 0 Å². The second-order valence-corrected chi connectivity index (χ2v) is 2.94. The first kappa shape index (κ1) is 11.5. The Kier molecular flexibility index (Phi) is 8.17. The van der Waals surface area contributed by atoms with Crippen LogP contribution in [-0.2, 0) is 4.74 Å². The molecule has 0 saturated heterocycles. The topological polar surface area (TPSA) is 24.5 Å². The minimum absolute atomic E-state index is 0.714. The van der Waals surface area contributed by atoms with E-state index in [4.69, 9.17) is 4.74 Å². The van der Waals surface area contributed by atoms with Gasteiger partial charge < -0.3 is 15.0 Å². The Bertz CT molecular complexity index is 105. The lowest BCUT2D eigenvalue weighted by Gasteiger charge is -2.09. The lowest BCUT2D eigenvalue weighted by atomic mass is 10.4. The largest absolute Gasteiger partial charge is 0.500 e. The third-order valence-electron chi connectivity index (χ3n) is 1.47. The summed E-state index contributed by atoms with van der Waals surface area (Å²) < 4.78 is 4.95. The van der Waals surface area contributed by atoms with Gasteiger partial charge in [0, 0.05) is 6.54 Å². The molecule has 72 valence electrons. The number of hydrogen-bond donors (Lipinski definition) is 1. The second kappa shape index (κ2) is 8.56. The monoisotopic (exact) mass is 172 g/mol. The highest BCUT2D eigenvalue weighted by atomic mass is 16.5. The highest BCUT2D eigenvalue weighted by molar-refractivity contribution is 4.53. The van der Waals surface area contributed by atoms with Crippen molar-refractivity contribution in [1.82, 2.24) is 10.2 Å². The SMILES string of the molecule is C=COCCNCCCN(C)C. The summed E-state index contributed by atoms with van der Waals surface area (Å²) in [5, 5.41) is 3.28. The molecule has 0 aliphatic carbocycles. The van der Waals surface area contributed by atoms with E-state index < -0.39 is 0 Å². The molecule has 0 unspecified atom stereocenters. The standard InChI is InChI=1S/C9H20N2O/c1-4-12-9-7-10-6-5-8-11(2)3/h4,10H,1,5-9H2,2-3H3. The van der Waals surface area contributed by atoms with Crippen LogP contribution in [-0.4, -0.2) is 45.2 Å². The lowest BCUT2D eigenvalue weighted by Crippen LogP contribution is -2.23. The molecule has 0 aromatic rings. The van der Waals surface area contributed by atoms with Gasteiger partial charge in [-0.15, -0.1) is 0 Å². The second-order valence-electron chi connectivity index (χ2n) is 2.94. The predicted octanol–water partition coefficient (Wildman–Crippen LogP) is 0.688. The van der Waals surface area contributed by atoms with Crippen molar-refractivity contribution in [3.8, 4) is 0 Å². The van der Waals surface area contributed by atoms with Crippen LogP contribution < -0.4 is 5.32 Å². The van der Waals surface area contributed by atoms with Gasteiger partial charge in [0.25, 0.3) is 0 Å². The van der Waals surface area contributed by atoms with Crippen LogP contribution in [0.25, 0.3) is 0 Å². The molecular weight excluding hydrogens is 152 g/mol. The minimum atomic E-state index is 0.714. The van der Waals surface area contributed by atoms with Crippen LogP contribution in [0.5, 0.6) is 0 Å². The van der Waals surface area contributed by atoms with Gasteiger partial charge in [-0.05, 0) is 33.6 Å². The molecule has 0 aromatic carbocycles. The fraction of sp³-hybridized carbons (Fsp3) is 0.778.